The summed E-state index contributed by atoms with van der Waals surface area (Å²) in [7, 11) is 3.20. The number of piperidine rings is 1. The average molecular weight is 432 g/mol. The van der Waals surface area contributed by atoms with Crippen LogP contribution in [0.1, 0.15) is 28.1 Å². The fourth-order valence-electron chi connectivity index (χ4n) is 4.13. The van der Waals surface area contributed by atoms with Crippen molar-refractivity contribution in [3.05, 3.63) is 34.8 Å². The van der Waals surface area contributed by atoms with Crippen molar-refractivity contribution < 1.29 is 19.0 Å². The minimum atomic E-state index is -0.0207. The maximum absolute atomic E-state index is 13.2. The molecule has 0 radical (unpaired) electrons. The van der Waals surface area contributed by atoms with Crippen molar-refractivity contribution in [2.45, 2.75) is 19.4 Å². The number of carbonyl (C=O) groups is 1. The third-order valence-corrected chi connectivity index (χ3v) is 6.80. The normalized spacial score (nSPS) is 20.2. The van der Waals surface area contributed by atoms with Gasteiger partial charge in [-0.15, -0.1) is 11.3 Å². The SMILES string of the molecule is COc1ccc(C(=O)C2CCCN(Cc3cnc(N4CCOCC4)s3)C2)c(OC)c1. The van der Waals surface area contributed by atoms with Gasteiger partial charge < -0.3 is 19.1 Å². The lowest BCUT2D eigenvalue weighted by atomic mass is 9.89. The number of hydrogen-bond acceptors (Lipinski definition) is 8. The Morgan fingerprint density at radius 1 is 1.23 bits per heavy atom. The fraction of sp³-hybridized carbons (Fsp3) is 0.545. The molecule has 30 heavy (non-hydrogen) atoms. The van der Waals surface area contributed by atoms with E-state index in [4.69, 9.17) is 14.2 Å². The first-order chi connectivity index (χ1) is 14.7. The number of anilines is 1. The zero-order valence-corrected chi connectivity index (χ0v) is 18.5. The minimum absolute atomic E-state index is 0.0207. The molecule has 3 heterocycles. The van der Waals surface area contributed by atoms with E-state index in [0.29, 0.717) is 17.1 Å². The predicted molar refractivity (Wildman–Crippen MR) is 117 cm³/mol. The average Bonchev–Trinajstić information content (AvgIpc) is 3.27. The van der Waals surface area contributed by atoms with Gasteiger partial charge in [0.2, 0.25) is 0 Å². The van der Waals surface area contributed by atoms with Crippen LogP contribution in [0.2, 0.25) is 0 Å². The Labute approximate surface area is 181 Å². The van der Waals surface area contributed by atoms with Crippen LogP contribution in [0.3, 0.4) is 0 Å². The van der Waals surface area contributed by atoms with E-state index in [1.54, 1.807) is 31.6 Å². The van der Waals surface area contributed by atoms with Crippen molar-refractivity contribution in [3.63, 3.8) is 0 Å². The van der Waals surface area contributed by atoms with E-state index in [-0.39, 0.29) is 11.7 Å². The number of thiazole rings is 1. The van der Waals surface area contributed by atoms with Crippen LogP contribution in [0.5, 0.6) is 11.5 Å². The second kappa shape index (κ2) is 9.76. The van der Waals surface area contributed by atoms with E-state index in [0.717, 1.165) is 63.9 Å². The molecular formula is C22H29N3O4S. The standard InChI is InChI=1S/C22H29N3O4S/c1-27-17-5-6-19(20(12-17)28-2)21(26)16-4-3-7-24(14-16)15-18-13-23-22(30-18)25-8-10-29-11-9-25/h5-6,12-13,16H,3-4,7-11,14-15H2,1-2H3. The van der Waals surface area contributed by atoms with Gasteiger partial charge in [-0.2, -0.15) is 0 Å². The Hall–Kier alpha value is -2.16. The molecule has 8 heteroatoms. The molecule has 2 saturated heterocycles. The van der Waals surface area contributed by atoms with Crippen molar-refractivity contribution >= 4 is 22.3 Å². The van der Waals surface area contributed by atoms with Crippen LogP contribution < -0.4 is 14.4 Å². The van der Waals surface area contributed by atoms with E-state index < -0.39 is 0 Å². The van der Waals surface area contributed by atoms with Gasteiger partial charge in [-0.3, -0.25) is 9.69 Å². The lowest BCUT2D eigenvalue weighted by molar-refractivity contribution is 0.0809. The van der Waals surface area contributed by atoms with Gasteiger partial charge >= 0.3 is 0 Å². The molecule has 4 rings (SSSR count). The van der Waals surface area contributed by atoms with Crippen LogP contribution in [-0.4, -0.2) is 69.3 Å². The first-order valence-corrected chi connectivity index (χ1v) is 11.3. The third-order valence-electron chi connectivity index (χ3n) is 5.75. The van der Waals surface area contributed by atoms with Crippen molar-refractivity contribution in [2.75, 3.05) is 58.5 Å². The number of ketones is 1. The lowest BCUT2D eigenvalue weighted by Crippen LogP contribution is -2.38. The highest BCUT2D eigenvalue weighted by Crippen LogP contribution is 2.31. The van der Waals surface area contributed by atoms with Crippen LogP contribution in [0.4, 0.5) is 5.13 Å². The summed E-state index contributed by atoms with van der Waals surface area (Å²) in [4.78, 5) is 23.7. The highest BCUT2D eigenvalue weighted by Gasteiger charge is 2.29. The smallest absolute Gasteiger partial charge is 0.185 e. The van der Waals surface area contributed by atoms with E-state index in [1.165, 1.54) is 4.88 Å². The number of ether oxygens (including phenoxy) is 3. The molecule has 0 aliphatic carbocycles. The molecule has 2 fully saturated rings. The lowest BCUT2D eigenvalue weighted by Gasteiger charge is -2.31. The van der Waals surface area contributed by atoms with Gasteiger partial charge in [-0.1, -0.05) is 0 Å². The van der Waals surface area contributed by atoms with Gasteiger partial charge in [0.25, 0.3) is 0 Å². The van der Waals surface area contributed by atoms with Crippen LogP contribution >= 0.6 is 11.3 Å². The van der Waals surface area contributed by atoms with Crippen LogP contribution in [-0.2, 0) is 11.3 Å². The maximum Gasteiger partial charge on any atom is 0.185 e. The molecule has 0 saturated carbocycles. The number of likely N-dealkylation sites (tertiary alicyclic amines) is 1. The van der Waals surface area contributed by atoms with Crippen molar-refractivity contribution in [1.29, 1.82) is 0 Å². The molecule has 0 amide bonds. The summed E-state index contributed by atoms with van der Waals surface area (Å²) < 4.78 is 16.1. The van der Waals surface area contributed by atoms with Gasteiger partial charge in [-0.25, -0.2) is 4.98 Å². The minimum Gasteiger partial charge on any atom is -0.497 e. The highest BCUT2D eigenvalue weighted by atomic mass is 32.1. The van der Waals surface area contributed by atoms with E-state index >= 15 is 0 Å². The summed E-state index contributed by atoms with van der Waals surface area (Å²) in [5.41, 5.74) is 0.637. The number of nitrogens with zero attached hydrogens (tertiary/aromatic N) is 3. The summed E-state index contributed by atoms with van der Waals surface area (Å²) >= 11 is 1.75. The Morgan fingerprint density at radius 2 is 2.07 bits per heavy atom. The van der Waals surface area contributed by atoms with Gasteiger partial charge in [0.15, 0.2) is 10.9 Å². The molecule has 1 aromatic heterocycles. The second-order valence-electron chi connectivity index (χ2n) is 7.71. The quantitative estimate of drug-likeness (QED) is 0.624. The predicted octanol–water partition coefficient (Wildman–Crippen LogP) is 3.09. The molecule has 1 unspecified atom stereocenters. The monoisotopic (exact) mass is 431 g/mol. The van der Waals surface area contributed by atoms with Crippen LogP contribution in [0, 0.1) is 5.92 Å². The highest BCUT2D eigenvalue weighted by molar-refractivity contribution is 7.15. The maximum atomic E-state index is 13.2. The number of morpholine rings is 1. The van der Waals surface area contributed by atoms with E-state index in [1.807, 2.05) is 18.3 Å². The molecule has 0 spiro atoms. The van der Waals surface area contributed by atoms with Crippen LogP contribution in [0.15, 0.2) is 24.4 Å². The molecule has 2 aliphatic heterocycles. The molecule has 0 N–H and O–H groups in total. The number of hydrogen-bond donors (Lipinski definition) is 0. The first-order valence-electron chi connectivity index (χ1n) is 10.4. The number of methoxy groups -OCH3 is 2. The Kier molecular flexibility index (Phi) is 6.86. The summed E-state index contributed by atoms with van der Waals surface area (Å²) in [6.07, 6.45) is 3.91. The van der Waals surface area contributed by atoms with Gasteiger partial charge in [-0.05, 0) is 31.5 Å². The van der Waals surface area contributed by atoms with Gasteiger partial charge in [0.1, 0.15) is 11.5 Å². The molecular weight excluding hydrogens is 402 g/mol. The largest absolute Gasteiger partial charge is 0.497 e. The molecule has 1 aromatic carbocycles. The third kappa shape index (κ3) is 4.77. The fourth-order valence-corrected chi connectivity index (χ4v) is 5.13. The van der Waals surface area contributed by atoms with E-state index in [9.17, 15) is 4.79 Å². The number of carbonyl (C=O) groups excluding carboxylic acids is 1. The number of benzene rings is 1. The summed E-state index contributed by atoms with van der Waals surface area (Å²) in [5.74, 6) is 1.40. The van der Waals surface area contributed by atoms with Crippen molar-refractivity contribution in [2.24, 2.45) is 5.92 Å². The van der Waals surface area contributed by atoms with Gasteiger partial charge in [0.05, 0.1) is 33.0 Å². The molecule has 2 aliphatic rings. The number of aromatic nitrogens is 1. The summed E-state index contributed by atoms with van der Waals surface area (Å²) in [6, 6.07) is 5.41. The zero-order valence-electron chi connectivity index (χ0n) is 17.6. The topological polar surface area (TPSA) is 64.1 Å². The molecule has 7 nitrogen and oxygen atoms in total. The Balaban J connectivity index is 1.40. The van der Waals surface area contributed by atoms with Crippen molar-refractivity contribution in [3.8, 4) is 11.5 Å². The molecule has 0 bridgehead atoms. The zero-order chi connectivity index (χ0) is 20.9. The number of rotatable bonds is 7. The Morgan fingerprint density at radius 3 is 2.83 bits per heavy atom. The molecule has 162 valence electrons. The van der Waals surface area contributed by atoms with Crippen molar-refractivity contribution in [1.82, 2.24) is 9.88 Å². The molecule has 2 aromatic rings. The first kappa shape index (κ1) is 21.1. The summed E-state index contributed by atoms with van der Waals surface area (Å²) in [5, 5.41) is 1.07. The Bertz CT molecular complexity index is 866. The molecule has 1 atom stereocenters. The summed E-state index contributed by atoms with van der Waals surface area (Å²) in [6.45, 7) is 5.94. The second-order valence-corrected chi connectivity index (χ2v) is 8.81. The van der Waals surface area contributed by atoms with E-state index in [2.05, 4.69) is 14.8 Å². The van der Waals surface area contributed by atoms with Gasteiger partial charge in [0, 0.05) is 49.2 Å². The number of Topliss-reactive ketones (excluding diaryl/α,β-unsaturated/α-hetero) is 1. The van der Waals surface area contributed by atoms with Crippen LogP contribution in [0.25, 0.3) is 0 Å².